The molecular formula is C20H28N6O2. The number of rotatable bonds is 4. The lowest BCUT2D eigenvalue weighted by Gasteiger charge is -2.37. The molecule has 0 aliphatic carbocycles. The van der Waals surface area contributed by atoms with Crippen LogP contribution in [0, 0.1) is 0 Å². The molecule has 8 nitrogen and oxygen atoms in total. The monoisotopic (exact) mass is 384 g/mol. The van der Waals surface area contributed by atoms with Crippen molar-refractivity contribution >= 4 is 22.5 Å². The molecule has 2 aliphatic rings. The van der Waals surface area contributed by atoms with Gasteiger partial charge in [-0.15, -0.1) is 0 Å². The highest BCUT2D eigenvalue weighted by Crippen LogP contribution is 2.20. The number of carbonyl (C=O) groups is 1. The fourth-order valence-corrected chi connectivity index (χ4v) is 3.95. The molecule has 2 saturated heterocycles. The predicted molar refractivity (Wildman–Crippen MR) is 110 cm³/mol. The first kappa shape index (κ1) is 18.9. The van der Waals surface area contributed by atoms with E-state index in [4.69, 9.17) is 0 Å². The van der Waals surface area contributed by atoms with E-state index in [1.165, 1.54) is 4.57 Å². The number of anilines is 1. The smallest absolute Gasteiger partial charge is 0.260 e. The number of aryl methyl sites for hydroxylation is 1. The Balaban J connectivity index is 1.31. The van der Waals surface area contributed by atoms with Crippen LogP contribution < -0.4 is 15.8 Å². The quantitative estimate of drug-likeness (QED) is 0.792. The Labute approximate surface area is 164 Å². The first-order chi connectivity index (χ1) is 13.6. The van der Waals surface area contributed by atoms with Crippen molar-refractivity contribution in [3.63, 3.8) is 0 Å². The van der Waals surface area contributed by atoms with E-state index < -0.39 is 0 Å². The summed E-state index contributed by atoms with van der Waals surface area (Å²) in [4.78, 5) is 35.3. The summed E-state index contributed by atoms with van der Waals surface area (Å²) in [6, 6.07) is 5.94. The van der Waals surface area contributed by atoms with Crippen LogP contribution in [-0.2, 0) is 11.8 Å². The average Bonchev–Trinajstić information content (AvgIpc) is 2.93. The first-order valence-corrected chi connectivity index (χ1v) is 10.0. The summed E-state index contributed by atoms with van der Waals surface area (Å²) < 4.78 is 1.51. The van der Waals surface area contributed by atoms with E-state index in [9.17, 15) is 9.59 Å². The minimum absolute atomic E-state index is 0.00761. The van der Waals surface area contributed by atoms with Crippen molar-refractivity contribution in [2.75, 3.05) is 63.8 Å². The van der Waals surface area contributed by atoms with Crippen LogP contribution in [0.4, 0.5) is 5.69 Å². The third-order valence-electron chi connectivity index (χ3n) is 5.78. The van der Waals surface area contributed by atoms with E-state index >= 15 is 0 Å². The van der Waals surface area contributed by atoms with Crippen molar-refractivity contribution in [1.29, 1.82) is 0 Å². The third kappa shape index (κ3) is 4.18. The van der Waals surface area contributed by atoms with Crippen molar-refractivity contribution < 1.29 is 4.79 Å². The molecule has 1 N–H and O–H groups in total. The van der Waals surface area contributed by atoms with Crippen molar-refractivity contribution in [1.82, 2.24) is 24.7 Å². The molecule has 8 heteroatoms. The van der Waals surface area contributed by atoms with Crippen molar-refractivity contribution in [3.8, 4) is 0 Å². The van der Waals surface area contributed by atoms with Crippen LogP contribution in [0.2, 0.25) is 0 Å². The fraction of sp³-hybridized carbons (Fsp3) is 0.550. The maximum absolute atomic E-state index is 12.2. The molecule has 0 atom stereocenters. The van der Waals surface area contributed by atoms with E-state index in [2.05, 4.69) is 25.0 Å². The van der Waals surface area contributed by atoms with Gasteiger partial charge in [-0.2, -0.15) is 0 Å². The first-order valence-electron chi connectivity index (χ1n) is 10.0. The van der Waals surface area contributed by atoms with Gasteiger partial charge in [-0.05, 0) is 18.2 Å². The second-order valence-electron chi connectivity index (χ2n) is 7.63. The molecule has 3 heterocycles. The molecule has 150 valence electrons. The Morgan fingerprint density at radius 2 is 1.75 bits per heavy atom. The van der Waals surface area contributed by atoms with E-state index in [-0.39, 0.29) is 11.5 Å². The zero-order chi connectivity index (χ0) is 19.5. The summed E-state index contributed by atoms with van der Waals surface area (Å²) in [5.74, 6) is 0.166. The van der Waals surface area contributed by atoms with Gasteiger partial charge in [0.05, 0.1) is 17.2 Å². The van der Waals surface area contributed by atoms with Gasteiger partial charge in [0.2, 0.25) is 5.91 Å². The maximum atomic E-state index is 12.2. The van der Waals surface area contributed by atoms with Gasteiger partial charge < -0.3 is 14.8 Å². The van der Waals surface area contributed by atoms with Gasteiger partial charge in [-0.1, -0.05) is 0 Å². The molecule has 4 rings (SSSR count). The van der Waals surface area contributed by atoms with E-state index in [1.807, 2.05) is 18.2 Å². The molecule has 1 aromatic carbocycles. The summed E-state index contributed by atoms with van der Waals surface area (Å²) >= 11 is 0. The summed E-state index contributed by atoms with van der Waals surface area (Å²) in [6.07, 6.45) is 2.19. The molecule has 1 amide bonds. The molecule has 0 radical (unpaired) electrons. The van der Waals surface area contributed by atoms with Crippen LogP contribution in [-0.4, -0.2) is 84.2 Å². The lowest BCUT2D eigenvalue weighted by Crippen LogP contribution is -2.48. The highest BCUT2D eigenvalue weighted by atomic mass is 16.1. The van der Waals surface area contributed by atoms with E-state index in [0.29, 0.717) is 11.8 Å². The van der Waals surface area contributed by atoms with Gasteiger partial charge in [0.25, 0.3) is 5.56 Å². The number of hydrogen-bond donors (Lipinski definition) is 1. The van der Waals surface area contributed by atoms with Crippen molar-refractivity contribution in [2.45, 2.75) is 6.42 Å². The number of hydrogen-bond acceptors (Lipinski definition) is 6. The molecule has 0 spiro atoms. The molecule has 28 heavy (non-hydrogen) atoms. The standard InChI is InChI=1S/C20H28N6O2/c1-23-15-22-18-14-16(2-3-17(18)20(23)28)26-12-10-25(11-13-26)9-8-24-6-4-19(27)21-5-7-24/h2-3,14-15H,4-13H2,1H3,(H,21,27). The molecule has 2 aliphatic heterocycles. The topological polar surface area (TPSA) is 73.7 Å². The minimum atomic E-state index is -0.00761. The second-order valence-corrected chi connectivity index (χ2v) is 7.63. The number of nitrogens with zero attached hydrogens (tertiary/aromatic N) is 5. The highest BCUT2D eigenvalue weighted by Gasteiger charge is 2.19. The van der Waals surface area contributed by atoms with Gasteiger partial charge >= 0.3 is 0 Å². The highest BCUT2D eigenvalue weighted by molar-refractivity contribution is 5.81. The van der Waals surface area contributed by atoms with Gasteiger partial charge in [0.15, 0.2) is 0 Å². The zero-order valence-corrected chi connectivity index (χ0v) is 16.4. The number of amides is 1. The SMILES string of the molecule is Cn1cnc2cc(N3CCN(CCN4CCNC(=O)CC4)CC3)ccc2c1=O. The number of aromatic nitrogens is 2. The molecule has 0 bridgehead atoms. The molecule has 0 saturated carbocycles. The fourth-order valence-electron chi connectivity index (χ4n) is 3.95. The lowest BCUT2D eigenvalue weighted by molar-refractivity contribution is -0.120. The molecule has 2 aromatic rings. The second kappa shape index (κ2) is 8.28. The molecular weight excluding hydrogens is 356 g/mol. The lowest BCUT2D eigenvalue weighted by atomic mass is 10.2. The number of nitrogens with one attached hydrogen (secondary N) is 1. The van der Waals surface area contributed by atoms with Crippen molar-refractivity contribution in [3.05, 3.63) is 34.9 Å². The number of piperazine rings is 1. The van der Waals surface area contributed by atoms with Crippen LogP contribution in [0.25, 0.3) is 10.9 Å². The van der Waals surface area contributed by atoms with E-state index in [1.54, 1.807) is 13.4 Å². The summed E-state index contributed by atoms with van der Waals surface area (Å²) in [5, 5.41) is 3.59. The summed E-state index contributed by atoms with van der Waals surface area (Å²) in [7, 11) is 1.72. The van der Waals surface area contributed by atoms with Crippen LogP contribution in [0.5, 0.6) is 0 Å². The summed E-state index contributed by atoms with van der Waals surface area (Å²) in [5.41, 5.74) is 1.88. The number of fused-ring (bicyclic) bond motifs is 1. The van der Waals surface area contributed by atoms with Gasteiger partial charge in [0.1, 0.15) is 0 Å². The molecule has 0 unspecified atom stereocenters. The maximum Gasteiger partial charge on any atom is 0.260 e. The Morgan fingerprint density at radius 1 is 1.00 bits per heavy atom. The van der Waals surface area contributed by atoms with Crippen LogP contribution in [0.3, 0.4) is 0 Å². The van der Waals surface area contributed by atoms with Crippen LogP contribution in [0.1, 0.15) is 6.42 Å². The zero-order valence-electron chi connectivity index (χ0n) is 16.4. The van der Waals surface area contributed by atoms with Gasteiger partial charge in [-0.25, -0.2) is 4.98 Å². The number of carbonyl (C=O) groups excluding carboxylic acids is 1. The Morgan fingerprint density at radius 3 is 2.54 bits per heavy atom. The minimum Gasteiger partial charge on any atom is -0.369 e. The van der Waals surface area contributed by atoms with Crippen molar-refractivity contribution in [2.24, 2.45) is 7.05 Å². The van der Waals surface area contributed by atoms with E-state index in [0.717, 1.165) is 70.1 Å². The predicted octanol–water partition coefficient (Wildman–Crippen LogP) is -0.123. The largest absolute Gasteiger partial charge is 0.369 e. The van der Waals surface area contributed by atoms with Crippen LogP contribution in [0.15, 0.2) is 29.3 Å². The van der Waals surface area contributed by atoms with Crippen LogP contribution >= 0.6 is 0 Å². The number of benzene rings is 1. The third-order valence-corrected chi connectivity index (χ3v) is 5.78. The normalized spacial score (nSPS) is 19.6. The Bertz CT molecular complexity index is 903. The molecule has 2 fully saturated rings. The summed E-state index contributed by atoms with van der Waals surface area (Å²) in [6.45, 7) is 8.58. The van der Waals surface area contributed by atoms with Gasteiger partial charge in [0, 0.05) is 78.1 Å². The Kier molecular flexibility index (Phi) is 5.59. The molecule has 1 aromatic heterocycles. The Hall–Kier alpha value is -2.45. The average molecular weight is 384 g/mol. The van der Waals surface area contributed by atoms with Gasteiger partial charge in [-0.3, -0.25) is 19.4 Å².